The number of thioether (sulfide) groups is 1. The van der Waals surface area contributed by atoms with Gasteiger partial charge in [-0.25, -0.2) is 8.42 Å². The van der Waals surface area contributed by atoms with Gasteiger partial charge in [-0.3, -0.25) is 19.3 Å². The Bertz CT molecular complexity index is 922. The average Bonchev–Trinajstić information content (AvgIpc) is 3.23. The molecule has 0 bridgehead atoms. The number of sulfonamides is 1. The first kappa shape index (κ1) is 21.8. The number of aryl methyl sites for hydroxylation is 3. The summed E-state index contributed by atoms with van der Waals surface area (Å²) in [5.74, 6) is -0.554. The predicted octanol–water partition coefficient (Wildman–Crippen LogP) is 1.58. The second-order valence-electron chi connectivity index (χ2n) is 7.39. The summed E-state index contributed by atoms with van der Waals surface area (Å²) in [6.45, 7) is 5.92. The van der Waals surface area contributed by atoms with Crippen LogP contribution in [-0.4, -0.2) is 66.1 Å². The van der Waals surface area contributed by atoms with E-state index in [1.807, 2.05) is 19.1 Å². The van der Waals surface area contributed by atoms with Crippen LogP contribution in [-0.2, 0) is 19.6 Å². The van der Waals surface area contributed by atoms with Gasteiger partial charge >= 0.3 is 0 Å². The lowest BCUT2D eigenvalue weighted by Crippen LogP contribution is -2.48. The van der Waals surface area contributed by atoms with E-state index in [1.54, 1.807) is 13.8 Å². The van der Waals surface area contributed by atoms with Gasteiger partial charge in [-0.2, -0.15) is 4.31 Å². The molecule has 2 aliphatic heterocycles. The van der Waals surface area contributed by atoms with Crippen LogP contribution < -0.4 is 5.32 Å². The Balaban J connectivity index is 1.71. The molecule has 0 spiro atoms. The quantitative estimate of drug-likeness (QED) is 0.722. The van der Waals surface area contributed by atoms with Crippen molar-refractivity contribution in [2.24, 2.45) is 0 Å². The second kappa shape index (κ2) is 8.45. The molecule has 1 unspecified atom stereocenters. The molecule has 0 aliphatic carbocycles. The zero-order valence-electron chi connectivity index (χ0n) is 16.7. The molecule has 10 heteroatoms. The molecule has 3 rings (SSSR count). The zero-order chi connectivity index (χ0) is 21.3. The van der Waals surface area contributed by atoms with Gasteiger partial charge < -0.3 is 5.32 Å². The van der Waals surface area contributed by atoms with Crippen molar-refractivity contribution in [1.29, 1.82) is 0 Å². The molecule has 0 saturated carbocycles. The summed E-state index contributed by atoms with van der Waals surface area (Å²) in [7, 11) is -3.82. The summed E-state index contributed by atoms with van der Waals surface area (Å²) in [6.07, 6.45) is 1.04. The number of hydrogen-bond donors (Lipinski definition) is 1. The fourth-order valence-electron chi connectivity index (χ4n) is 3.99. The third-order valence-corrected chi connectivity index (χ3v) is 8.23. The number of nitrogens with one attached hydrogen (secondary N) is 1. The van der Waals surface area contributed by atoms with Crippen molar-refractivity contribution in [3.8, 4) is 0 Å². The van der Waals surface area contributed by atoms with E-state index in [4.69, 9.17) is 0 Å². The molecule has 0 aromatic heterocycles. The van der Waals surface area contributed by atoms with Crippen molar-refractivity contribution in [2.75, 3.05) is 25.4 Å². The van der Waals surface area contributed by atoms with Gasteiger partial charge in [0.2, 0.25) is 21.8 Å². The molecule has 1 aromatic rings. The number of imide groups is 1. The number of amides is 3. The molecule has 158 valence electrons. The summed E-state index contributed by atoms with van der Waals surface area (Å²) in [6, 6.07) is 2.86. The Labute approximate surface area is 175 Å². The van der Waals surface area contributed by atoms with Crippen molar-refractivity contribution in [2.45, 2.75) is 44.6 Å². The highest BCUT2D eigenvalue weighted by Crippen LogP contribution is 2.30. The minimum atomic E-state index is -3.82. The first-order valence-electron chi connectivity index (χ1n) is 9.47. The standard InChI is InChI=1S/C19H25N3O5S2/c1-12-9-13(2)17(14(3)10-12)29(26,27)22-7-4-5-15(22)18(24)20-6-8-21-16(23)11-28-19(21)25/h9-10,15H,4-8,11H2,1-3H3,(H,20,24). The Morgan fingerprint density at radius 3 is 2.45 bits per heavy atom. The molecule has 29 heavy (non-hydrogen) atoms. The highest BCUT2D eigenvalue weighted by molar-refractivity contribution is 8.14. The van der Waals surface area contributed by atoms with E-state index in [-0.39, 0.29) is 41.4 Å². The predicted molar refractivity (Wildman–Crippen MR) is 110 cm³/mol. The zero-order valence-corrected chi connectivity index (χ0v) is 18.4. The van der Waals surface area contributed by atoms with Crippen LogP contribution in [0.5, 0.6) is 0 Å². The Morgan fingerprint density at radius 1 is 1.21 bits per heavy atom. The van der Waals surface area contributed by atoms with Crippen molar-refractivity contribution in [3.63, 3.8) is 0 Å². The van der Waals surface area contributed by atoms with E-state index in [9.17, 15) is 22.8 Å². The van der Waals surface area contributed by atoms with Crippen molar-refractivity contribution < 1.29 is 22.8 Å². The molecule has 2 saturated heterocycles. The third-order valence-electron chi connectivity index (χ3n) is 5.15. The first-order chi connectivity index (χ1) is 13.6. The van der Waals surface area contributed by atoms with E-state index in [0.717, 1.165) is 22.2 Å². The minimum Gasteiger partial charge on any atom is -0.353 e. The van der Waals surface area contributed by atoms with Crippen molar-refractivity contribution >= 4 is 38.8 Å². The van der Waals surface area contributed by atoms with Gasteiger partial charge in [-0.15, -0.1) is 0 Å². The fourth-order valence-corrected chi connectivity index (χ4v) is 6.81. The van der Waals surface area contributed by atoms with Gasteiger partial charge in [0.05, 0.1) is 10.6 Å². The molecule has 1 aromatic carbocycles. The number of carbonyl (C=O) groups is 3. The van der Waals surface area contributed by atoms with Gasteiger partial charge in [0.1, 0.15) is 6.04 Å². The van der Waals surface area contributed by atoms with Crippen LogP contribution in [0.2, 0.25) is 0 Å². The molecule has 0 radical (unpaired) electrons. The minimum absolute atomic E-state index is 0.0893. The molecule has 8 nitrogen and oxygen atoms in total. The van der Waals surface area contributed by atoms with E-state index in [2.05, 4.69) is 5.32 Å². The SMILES string of the molecule is Cc1cc(C)c(S(=O)(=O)N2CCCC2C(=O)NCCN2C(=O)CSC2=O)c(C)c1. The van der Waals surface area contributed by atoms with E-state index in [1.165, 1.54) is 4.31 Å². The molecular formula is C19H25N3O5S2. The summed E-state index contributed by atoms with van der Waals surface area (Å²) >= 11 is 0.940. The van der Waals surface area contributed by atoms with Gasteiger partial charge in [-0.1, -0.05) is 29.5 Å². The lowest BCUT2D eigenvalue weighted by molar-refractivity contribution is -0.126. The lowest BCUT2D eigenvalue weighted by Gasteiger charge is -2.25. The van der Waals surface area contributed by atoms with E-state index < -0.39 is 22.0 Å². The maximum Gasteiger partial charge on any atom is 0.288 e. The summed E-state index contributed by atoms with van der Waals surface area (Å²) in [5, 5.41) is 2.36. The number of carbonyl (C=O) groups excluding carboxylic acids is 3. The first-order valence-corrected chi connectivity index (χ1v) is 11.9. The molecule has 2 fully saturated rings. The summed E-state index contributed by atoms with van der Waals surface area (Å²) < 4.78 is 27.9. The van der Waals surface area contributed by atoms with E-state index >= 15 is 0 Å². The van der Waals surface area contributed by atoms with Crippen LogP contribution in [0, 0.1) is 20.8 Å². The second-order valence-corrected chi connectivity index (χ2v) is 10.1. The Morgan fingerprint density at radius 2 is 1.86 bits per heavy atom. The van der Waals surface area contributed by atoms with Gasteiger partial charge in [0.15, 0.2) is 0 Å². The fraction of sp³-hybridized carbons (Fsp3) is 0.526. The van der Waals surface area contributed by atoms with Crippen LogP contribution >= 0.6 is 11.8 Å². The summed E-state index contributed by atoms with van der Waals surface area (Å²) in [5.41, 5.74) is 2.31. The van der Waals surface area contributed by atoms with Crippen LogP contribution in [0.15, 0.2) is 17.0 Å². The van der Waals surface area contributed by atoms with Crippen molar-refractivity contribution in [3.05, 3.63) is 28.8 Å². The van der Waals surface area contributed by atoms with Crippen LogP contribution in [0.25, 0.3) is 0 Å². The molecule has 1 atom stereocenters. The molecule has 3 amide bonds. The smallest absolute Gasteiger partial charge is 0.288 e. The van der Waals surface area contributed by atoms with Crippen LogP contribution in [0.3, 0.4) is 0 Å². The van der Waals surface area contributed by atoms with Gasteiger partial charge in [0, 0.05) is 19.6 Å². The number of nitrogens with zero attached hydrogens (tertiary/aromatic N) is 2. The largest absolute Gasteiger partial charge is 0.353 e. The number of rotatable bonds is 6. The van der Waals surface area contributed by atoms with E-state index in [0.29, 0.717) is 24.0 Å². The molecule has 2 heterocycles. The maximum atomic E-state index is 13.3. The topological polar surface area (TPSA) is 104 Å². The lowest BCUT2D eigenvalue weighted by atomic mass is 10.1. The average molecular weight is 440 g/mol. The van der Waals surface area contributed by atoms with Crippen LogP contribution in [0.4, 0.5) is 4.79 Å². The van der Waals surface area contributed by atoms with Crippen molar-refractivity contribution in [1.82, 2.24) is 14.5 Å². The number of benzene rings is 1. The van der Waals surface area contributed by atoms with Gasteiger partial charge in [0.25, 0.3) is 5.24 Å². The molecular weight excluding hydrogens is 414 g/mol. The highest BCUT2D eigenvalue weighted by Gasteiger charge is 2.40. The molecule has 2 aliphatic rings. The molecule has 1 N–H and O–H groups in total. The highest BCUT2D eigenvalue weighted by atomic mass is 32.2. The monoisotopic (exact) mass is 439 g/mol. The van der Waals surface area contributed by atoms with Crippen LogP contribution in [0.1, 0.15) is 29.5 Å². The number of hydrogen-bond acceptors (Lipinski definition) is 6. The Kier molecular flexibility index (Phi) is 6.35. The maximum absolute atomic E-state index is 13.3. The normalized spacial score (nSPS) is 20.5. The van der Waals surface area contributed by atoms with Gasteiger partial charge in [-0.05, 0) is 44.7 Å². The summed E-state index contributed by atoms with van der Waals surface area (Å²) in [4.78, 5) is 37.3. The Hall–Kier alpha value is -1.91. The third kappa shape index (κ3) is 4.34.